The maximum absolute atomic E-state index is 10.9. The van der Waals surface area contributed by atoms with Crippen molar-refractivity contribution in [3.63, 3.8) is 0 Å². The number of rotatable bonds is 4. The Morgan fingerprint density at radius 3 is 2.48 bits per heavy atom. The van der Waals surface area contributed by atoms with Crippen LogP contribution in [0, 0.1) is 0 Å². The molecule has 4 N–H and O–H groups in total. The van der Waals surface area contributed by atoms with Gasteiger partial charge in [-0.05, 0) is 22.8 Å². The molecule has 0 bridgehead atoms. The molecule has 0 radical (unpaired) electrons. The molecular formula is C19H22N2O2. The second kappa shape index (κ2) is 7.61. The largest absolute Gasteiger partial charge is 0.480 e. The Balaban J connectivity index is 0.000000924. The van der Waals surface area contributed by atoms with Crippen molar-refractivity contribution < 1.29 is 9.90 Å². The molecule has 0 aliphatic rings. The first kappa shape index (κ1) is 16.8. The van der Waals surface area contributed by atoms with Crippen molar-refractivity contribution in [2.24, 2.45) is 5.73 Å². The van der Waals surface area contributed by atoms with Crippen molar-refractivity contribution in [2.45, 2.75) is 26.3 Å². The van der Waals surface area contributed by atoms with Crippen molar-refractivity contribution in [1.29, 1.82) is 0 Å². The van der Waals surface area contributed by atoms with Gasteiger partial charge in [0.25, 0.3) is 0 Å². The standard InChI is InChI=1S/C17H16N2O2.C2H6/c18-15(17(20)21)8-13-10-19-16-9-12(6-7-14(13)16)11-4-2-1-3-5-11;1-2/h1-7,9-10,15,19H,8,18H2,(H,20,21);1-2H3. The van der Waals surface area contributed by atoms with Gasteiger partial charge in [0.1, 0.15) is 6.04 Å². The fourth-order valence-corrected chi connectivity index (χ4v) is 2.49. The zero-order chi connectivity index (χ0) is 16.8. The lowest BCUT2D eigenvalue weighted by molar-refractivity contribution is -0.138. The third-order valence-corrected chi connectivity index (χ3v) is 3.63. The fourth-order valence-electron chi connectivity index (χ4n) is 2.49. The van der Waals surface area contributed by atoms with Crippen LogP contribution in [0.4, 0.5) is 0 Å². The normalized spacial score (nSPS) is 11.6. The number of aromatic nitrogens is 1. The van der Waals surface area contributed by atoms with E-state index in [0.717, 1.165) is 27.6 Å². The van der Waals surface area contributed by atoms with Gasteiger partial charge in [0, 0.05) is 23.5 Å². The number of hydrogen-bond acceptors (Lipinski definition) is 2. The van der Waals surface area contributed by atoms with Crippen LogP contribution in [0.15, 0.2) is 54.7 Å². The van der Waals surface area contributed by atoms with Gasteiger partial charge in [-0.1, -0.05) is 56.3 Å². The average Bonchev–Trinajstić information content (AvgIpc) is 2.99. The highest BCUT2D eigenvalue weighted by Gasteiger charge is 2.15. The molecule has 0 fully saturated rings. The minimum absolute atomic E-state index is 0.319. The van der Waals surface area contributed by atoms with E-state index in [0.29, 0.717) is 6.42 Å². The Morgan fingerprint density at radius 1 is 1.13 bits per heavy atom. The predicted molar refractivity (Wildman–Crippen MR) is 94.4 cm³/mol. The van der Waals surface area contributed by atoms with Crippen molar-refractivity contribution in [3.05, 3.63) is 60.3 Å². The molecule has 3 rings (SSSR count). The number of aromatic amines is 1. The Kier molecular flexibility index (Phi) is 5.55. The van der Waals surface area contributed by atoms with Crippen molar-refractivity contribution >= 4 is 16.9 Å². The van der Waals surface area contributed by atoms with Gasteiger partial charge < -0.3 is 15.8 Å². The molecular weight excluding hydrogens is 288 g/mol. The van der Waals surface area contributed by atoms with Gasteiger partial charge in [-0.15, -0.1) is 0 Å². The van der Waals surface area contributed by atoms with E-state index in [1.807, 2.05) is 50.4 Å². The molecule has 0 saturated heterocycles. The SMILES string of the molecule is CC.NC(Cc1c[nH]c2cc(-c3ccccc3)ccc12)C(=O)O. The summed E-state index contributed by atoms with van der Waals surface area (Å²) >= 11 is 0. The second-order valence-electron chi connectivity index (χ2n) is 5.09. The molecule has 1 unspecified atom stereocenters. The zero-order valence-corrected chi connectivity index (χ0v) is 13.4. The minimum Gasteiger partial charge on any atom is -0.480 e. The maximum Gasteiger partial charge on any atom is 0.320 e. The summed E-state index contributed by atoms with van der Waals surface area (Å²) < 4.78 is 0. The van der Waals surface area contributed by atoms with Gasteiger partial charge in [-0.25, -0.2) is 0 Å². The first-order valence-electron chi connectivity index (χ1n) is 7.79. The Hall–Kier alpha value is -2.59. The number of nitrogens with one attached hydrogen (secondary N) is 1. The van der Waals surface area contributed by atoms with Crippen LogP contribution >= 0.6 is 0 Å². The zero-order valence-electron chi connectivity index (χ0n) is 13.4. The maximum atomic E-state index is 10.9. The average molecular weight is 310 g/mol. The summed E-state index contributed by atoms with van der Waals surface area (Å²) in [5.41, 5.74) is 9.80. The van der Waals surface area contributed by atoms with Crippen molar-refractivity contribution in [1.82, 2.24) is 4.98 Å². The molecule has 1 aromatic heterocycles. The van der Waals surface area contributed by atoms with Crippen LogP contribution in [0.5, 0.6) is 0 Å². The van der Waals surface area contributed by atoms with Crippen LogP contribution in [0.3, 0.4) is 0 Å². The monoisotopic (exact) mass is 310 g/mol. The summed E-state index contributed by atoms with van der Waals surface area (Å²) in [7, 11) is 0. The number of aliphatic carboxylic acids is 1. The van der Waals surface area contributed by atoms with Gasteiger partial charge in [-0.2, -0.15) is 0 Å². The van der Waals surface area contributed by atoms with E-state index >= 15 is 0 Å². The second-order valence-corrected chi connectivity index (χ2v) is 5.09. The van der Waals surface area contributed by atoms with E-state index in [4.69, 9.17) is 10.8 Å². The molecule has 0 aliphatic heterocycles. The van der Waals surface area contributed by atoms with Crippen molar-refractivity contribution in [3.8, 4) is 11.1 Å². The molecule has 3 aromatic rings. The fraction of sp³-hybridized carbons (Fsp3) is 0.211. The number of hydrogen-bond donors (Lipinski definition) is 3. The number of H-pyrrole nitrogens is 1. The van der Waals surface area contributed by atoms with Crippen LogP contribution in [0.2, 0.25) is 0 Å². The quantitative estimate of drug-likeness (QED) is 0.685. The number of carboxylic acid groups (broad SMARTS) is 1. The van der Waals surface area contributed by atoms with Gasteiger partial charge in [-0.3, -0.25) is 4.79 Å². The van der Waals surface area contributed by atoms with Crippen molar-refractivity contribution in [2.75, 3.05) is 0 Å². The Bertz CT molecular complexity index is 778. The molecule has 0 spiro atoms. The first-order valence-corrected chi connectivity index (χ1v) is 7.79. The number of nitrogens with two attached hydrogens (primary N) is 1. The third-order valence-electron chi connectivity index (χ3n) is 3.63. The molecule has 120 valence electrons. The third kappa shape index (κ3) is 3.79. The van der Waals surface area contributed by atoms with Crippen LogP contribution in [0.1, 0.15) is 19.4 Å². The number of benzene rings is 2. The van der Waals surface area contributed by atoms with E-state index in [1.54, 1.807) is 0 Å². The van der Waals surface area contributed by atoms with Crippen LogP contribution < -0.4 is 5.73 Å². The molecule has 0 saturated carbocycles. The molecule has 1 atom stereocenters. The highest BCUT2D eigenvalue weighted by molar-refractivity contribution is 5.88. The molecule has 2 aromatic carbocycles. The Labute approximate surface area is 136 Å². The van der Waals surface area contributed by atoms with Crippen LogP contribution in [-0.2, 0) is 11.2 Å². The highest BCUT2D eigenvalue weighted by Crippen LogP contribution is 2.26. The molecule has 0 amide bonds. The number of carbonyl (C=O) groups is 1. The van der Waals surface area contributed by atoms with E-state index < -0.39 is 12.0 Å². The molecule has 4 heteroatoms. The lowest BCUT2D eigenvalue weighted by atomic mass is 10.0. The topological polar surface area (TPSA) is 79.1 Å². The lowest BCUT2D eigenvalue weighted by Crippen LogP contribution is -2.32. The van der Waals surface area contributed by atoms with Crippen LogP contribution in [-0.4, -0.2) is 22.1 Å². The van der Waals surface area contributed by atoms with E-state index in [-0.39, 0.29) is 0 Å². The lowest BCUT2D eigenvalue weighted by Gasteiger charge is -2.05. The predicted octanol–water partition coefficient (Wildman–Crippen LogP) is 3.82. The smallest absolute Gasteiger partial charge is 0.320 e. The highest BCUT2D eigenvalue weighted by atomic mass is 16.4. The van der Waals surface area contributed by atoms with E-state index in [2.05, 4.69) is 23.2 Å². The molecule has 23 heavy (non-hydrogen) atoms. The van der Waals surface area contributed by atoms with E-state index in [9.17, 15) is 4.79 Å². The summed E-state index contributed by atoms with van der Waals surface area (Å²) in [6.07, 6.45) is 2.16. The molecule has 4 nitrogen and oxygen atoms in total. The van der Waals surface area contributed by atoms with Crippen LogP contribution in [0.25, 0.3) is 22.0 Å². The molecule has 0 aliphatic carbocycles. The van der Waals surface area contributed by atoms with Gasteiger partial charge in [0.2, 0.25) is 0 Å². The first-order chi connectivity index (χ1) is 11.1. The summed E-state index contributed by atoms with van der Waals surface area (Å²) in [6.45, 7) is 4.00. The minimum atomic E-state index is -0.981. The number of fused-ring (bicyclic) bond motifs is 1. The van der Waals surface area contributed by atoms with Gasteiger partial charge >= 0.3 is 5.97 Å². The Morgan fingerprint density at radius 2 is 1.83 bits per heavy atom. The van der Waals surface area contributed by atoms with Gasteiger partial charge in [0.15, 0.2) is 0 Å². The van der Waals surface area contributed by atoms with E-state index in [1.165, 1.54) is 0 Å². The summed E-state index contributed by atoms with van der Waals surface area (Å²) in [6, 6.07) is 15.4. The summed E-state index contributed by atoms with van der Waals surface area (Å²) in [5.74, 6) is -0.981. The number of carboxylic acids is 1. The molecule has 1 heterocycles. The summed E-state index contributed by atoms with van der Waals surface area (Å²) in [4.78, 5) is 14.1. The van der Waals surface area contributed by atoms with Gasteiger partial charge in [0.05, 0.1) is 0 Å². The summed E-state index contributed by atoms with van der Waals surface area (Å²) in [5, 5.41) is 9.93.